The van der Waals surface area contributed by atoms with Gasteiger partial charge in [0.15, 0.2) is 5.69 Å². The molecule has 0 aliphatic heterocycles. The number of H-pyrrole nitrogens is 1. The third-order valence-electron chi connectivity index (χ3n) is 4.83. The van der Waals surface area contributed by atoms with Gasteiger partial charge in [-0.15, -0.1) is 0 Å². The third-order valence-corrected chi connectivity index (χ3v) is 4.83. The van der Waals surface area contributed by atoms with Gasteiger partial charge in [0.2, 0.25) is 0 Å². The molecule has 0 spiro atoms. The molecule has 5 heteroatoms. The average molecular weight is 371 g/mol. The Bertz CT molecular complexity index is 1080. The summed E-state index contributed by atoms with van der Waals surface area (Å²) >= 11 is 0. The molecule has 5 nitrogen and oxygen atoms in total. The highest BCUT2D eigenvalue weighted by molar-refractivity contribution is 6.07. The number of nitriles is 2. The topological polar surface area (TPSA) is 97.0 Å². The Hall–Kier alpha value is -3.57. The molecule has 0 fully saturated rings. The lowest BCUT2D eigenvalue weighted by Crippen LogP contribution is -2.20. The summed E-state index contributed by atoms with van der Waals surface area (Å²) in [5.41, 5.74) is 12.1. The fourth-order valence-electron chi connectivity index (χ4n) is 3.36. The van der Waals surface area contributed by atoms with Crippen LogP contribution in [0.15, 0.2) is 29.8 Å². The summed E-state index contributed by atoms with van der Waals surface area (Å²) in [5, 5.41) is 19.1. The van der Waals surface area contributed by atoms with Crippen molar-refractivity contribution in [3.8, 4) is 17.9 Å². The summed E-state index contributed by atoms with van der Waals surface area (Å²) < 4.78 is 5.74. The number of hydrogen-bond acceptors (Lipinski definition) is 4. The average Bonchev–Trinajstić information content (AvgIpc) is 2.92. The first-order valence-corrected chi connectivity index (χ1v) is 9.19. The molecule has 28 heavy (non-hydrogen) atoms. The Kier molecular flexibility index (Phi) is 5.20. The molecule has 1 aromatic heterocycles. The lowest BCUT2D eigenvalue weighted by molar-refractivity contribution is -0.364. The zero-order valence-corrected chi connectivity index (χ0v) is 16.6. The number of allylic oxidation sites excluding steroid dienone is 3. The van der Waals surface area contributed by atoms with E-state index >= 15 is 0 Å². The summed E-state index contributed by atoms with van der Waals surface area (Å²) in [6.45, 7) is 8.68. The van der Waals surface area contributed by atoms with Gasteiger partial charge in [0, 0.05) is 5.56 Å². The van der Waals surface area contributed by atoms with E-state index in [2.05, 4.69) is 31.0 Å². The lowest BCUT2D eigenvalue weighted by atomic mass is 9.95. The predicted molar refractivity (Wildman–Crippen MR) is 110 cm³/mol. The van der Waals surface area contributed by atoms with E-state index in [0.717, 1.165) is 33.6 Å². The second-order valence-corrected chi connectivity index (χ2v) is 7.34. The van der Waals surface area contributed by atoms with Crippen molar-refractivity contribution in [1.29, 1.82) is 10.5 Å². The molecule has 0 saturated carbocycles. The molecular formula is C23H23N4O+. The number of benzene rings is 1. The summed E-state index contributed by atoms with van der Waals surface area (Å²) in [5.74, 6) is 1.58. The van der Waals surface area contributed by atoms with Crippen LogP contribution in [0.25, 0.3) is 17.2 Å². The van der Waals surface area contributed by atoms with Gasteiger partial charge < -0.3 is 4.74 Å². The minimum atomic E-state index is 0.284. The molecule has 0 unspecified atom stereocenters. The van der Waals surface area contributed by atoms with Crippen LogP contribution in [0.1, 0.15) is 48.7 Å². The SMILES string of the molecule is CC1=C(C#N)c2[nH+]c(N)c(C#N)c(C)c2C1=Cc1ccc(OCC(C)C)cc1. The van der Waals surface area contributed by atoms with E-state index in [0.29, 0.717) is 29.4 Å². The number of nitrogens with zero attached hydrogens (tertiary/aromatic N) is 2. The number of ether oxygens (including phenoxy) is 1. The first-order chi connectivity index (χ1) is 13.4. The van der Waals surface area contributed by atoms with Crippen molar-refractivity contribution in [3.63, 3.8) is 0 Å². The number of anilines is 1. The Morgan fingerprint density at radius 1 is 1.14 bits per heavy atom. The maximum absolute atomic E-state index is 9.64. The van der Waals surface area contributed by atoms with Crippen molar-refractivity contribution in [3.05, 3.63) is 57.8 Å². The number of rotatable bonds is 4. The van der Waals surface area contributed by atoms with Crippen LogP contribution in [0.5, 0.6) is 5.75 Å². The zero-order valence-electron chi connectivity index (χ0n) is 16.6. The van der Waals surface area contributed by atoms with Crippen LogP contribution in [0.4, 0.5) is 5.82 Å². The standard InChI is InChI=1S/C23H22N4O/c1-13(2)12-28-17-7-5-16(6-8-17)9-18-14(3)19(10-24)22-21(18)15(4)20(11-25)23(26)27-22/h5-9,13H,12H2,1-4H3,(H2,26,27)/p+1. The van der Waals surface area contributed by atoms with Crippen molar-refractivity contribution >= 4 is 23.0 Å². The number of aromatic amines is 1. The fourth-order valence-corrected chi connectivity index (χ4v) is 3.36. The number of nitrogens with two attached hydrogens (primary N) is 1. The molecule has 0 bridgehead atoms. The van der Waals surface area contributed by atoms with Crippen LogP contribution in [0.3, 0.4) is 0 Å². The molecule has 2 aromatic rings. The Labute approximate surface area is 165 Å². The maximum atomic E-state index is 9.64. The van der Waals surface area contributed by atoms with Crippen molar-refractivity contribution in [2.24, 2.45) is 5.92 Å². The Morgan fingerprint density at radius 2 is 1.82 bits per heavy atom. The van der Waals surface area contributed by atoms with E-state index < -0.39 is 0 Å². The fraction of sp³-hybridized carbons (Fsp3) is 0.261. The highest BCUT2D eigenvalue weighted by atomic mass is 16.5. The summed E-state index contributed by atoms with van der Waals surface area (Å²) in [7, 11) is 0. The molecule has 0 amide bonds. The molecule has 0 radical (unpaired) electrons. The van der Waals surface area contributed by atoms with Crippen molar-refractivity contribution in [2.45, 2.75) is 27.7 Å². The van der Waals surface area contributed by atoms with Gasteiger partial charge in [-0.25, -0.2) is 4.98 Å². The number of aromatic nitrogens is 1. The van der Waals surface area contributed by atoms with E-state index in [1.54, 1.807) is 0 Å². The smallest absolute Gasteiger partial charge is 0.289 e. The summed E-state index contributed by atoms with van der Waals surface area (Å²) in [6, 6.07) is 12.3. The zero-order chi connectivity index (χ0) is 20.4. The minimum Gasteiger partial charge on any atom is -0.493 e. The van der Waals surface area contributed by atoms with E-state index in [1.807, 2.05) is 44.2 Å². The number of fused-ring (bicyclic) bond motifs is 1. The second kappa shape index (κ2) is 7.58. The molecule has 1 aliphatic rings. The number of hydrogen-bond donors (Lipinski definition) is 1. The van der Waals surface area contributed by atoms with Crippen molar-refractivity contribution in [2.75, 3.05) is 12.3 Å². The first-order valence-electron chi connectivity index (χ1n) is 9.19. The van der Waals surface area contributed by atoms with Gasteiger partial charge in [0.05, 0.1) is 6.61 Å². The lowest BCUT2D eigenvalue weighted by Gasteiger charge is -2.10. The van der Waals surface area contributed by atoms with Crippen molar-refractivity contribution in [1.82, 2.24) is 0 Å². The normalized spacial score (nSPS) is 14.2. The van der Waals surface area contributed by atoms with Gasteiger partial charge in [-0.2, -0.15) is 10.5 Å². The Balaban J connectivity index is 2.07. The molecule has 3 N–H and O–H groups in total. The number of nitrogens with one attached hydrogen (secondary N) is 1. The maximum Gasteiger partial charge on any atom is 0.289 e. The van der Waals surface area contributed by atoms with E-state index in [1.165, 1.54) is 0 Å². The van der Waals surface area contributed by atoms with Gasteiger partial charge in [-0.1, -0.05) is 26.0 Å². The predicted octanol–water partition coefficient (Wildman–Crippen LogP) is 4.15. The van der Waals surface area contributed by atoms with Gasteiger partial charge in [0.1, 0.15) is 29.0 Å². The van der Waals surface area contributed by atoms with Crippen molar-refractivity contribution < 1.29 is 9.72 Å². The summed E-state index contributed by atoms with van der Waals surface area (Å²) in [6.07, 6.45) is 2.03. The van der Waals surface area contributed by atoms with E-state index in [-0.39, 0.29) is 5.82 Å². The molecular weight excluding hydrogens is 348 g/mol. The van der Waals surface area contributed by atoms with Gasteiger partial charge >= 0.3 is 0 Å². The molecule has 3 rings (SSSR count). The monoisotopic (exact) mass is 371 g/mol. The number of nitrogen functional groups attached to an aromatic ring is 1. The molecule has 1 aliphatic carbocycles. The largest absolute Gasteiger partial charge is 0.493 e. The molecule has 1 heterocycles. The van der Waals surface area contributed by atoms with Crippen LogP contribution in [0, 0.1) is 35.5 Å². The summed E-state index contributed by atoms with van der Waals surface area (Å²) in [4.78, 5) is 3.05. The van der Waals surface area contributed by atoms with Crippen LogP contribution in [0.2, 0.25) is 0 Å². The number of pyridine rings is 1. The van der Waals surface area contributed by atoms with Crippen LogP contribution >= 0.6 is 0 Å². The van der Waals surface area contributed by atoms with Crippen LogP contribution in [-0.4, -0.2) is 6.61 Å². The van der Waals surface area contributed by atoms with Gasteiger partial charge in [-0.05, 0) is 60.2 Å². The van der Waals surface area contributed by atoms with Gasteiger partial charge in [0.25, 0.3) is 5.82 Å². The third kappa shape index (κ3) is 3.35. The highest BCUT2D eigenvalue weighted by Crippen LogP contribution is 2.42. The Morgan fingerprint density at radius 3 is 2.39 bits per heavy atom. The van der Waals surface area contributed by atoms with E-state index in [9.17, 15) is 10.5 Å². The quantitative estimate of drug-likeness (QED) is 0.873. The van der Waals surface area contributed by atoms with E-state index in [4.69, 9.17) is 10.5 Å². The van der Waals surface area contributed by atoms with Crippen LogP contribution in [-0.2, 0) is 0 Å². The first kappa shape index (κ1) is 19.2. The molecule has 1 aromatic carbocycles. The molecule has 0 saturated heterocycles. The second-order valence-electron chi connectivity index (χ2n) is 7.34. The molecule has 140 valence electrons. The highest BCUT2D eigenvalue weighted by Gasteiger charge is 2.32. The van der Waals surface area contributed by atoms with Crippen LogP contribution < -0.4 is 15.5 Å². The minimum absolute atomic E-state index is 0.284. The molecule has 0 atom stereocenters. The van der Waals surface area contributed by atoms with Gasteiger partial charge in [-0.3, -0.25) is 5.73 Å².